The summed E-state index contributed by atoms with van der Waals surface area (Å²) >= 11 is 0. The minimum atomic E-state index is -5.18. The van der Waals surface area contributed by atoms with Crippen molar-refractivity contribution in [3.63, 3.8) is 0 Å². The predicted molar refractivity (Wildman–Crippen MR) is 54.0 cm³/mol. The van der Waals surface area contributed by atoms with Crippen molar-refractivity contribution in [2.75, 3.05) is 20.1 Å². The van der Waals surface area contributed by atoms with Crippen LogP contribution in [0, 0.1) is 0 Å². The van der Waals surface area contributed by atoms with E-state index in [4.69, 9.17) is 0 Å². The lowest BCUT2D eigenvalue weighted by Crippen LogP contribution is -2.48. The van der Waals surface area contributed by atoms with Gasteiger partial charge in [-0.2, -0.15) is 0 Å². The molecule has 9 nitrogen and oxygen atoms in total. The van der Waals surface area contributed by atoms with Gasteiger partial charge in [-0.1, -0.05) is 0 Å². The predicted octanol–water partition coefficient (Wildman–Crippen LogP) is -3.66. The Bertz CT molecular complexity index is 303. The van der Waals surface area contributed by atoms with Crippen LogP contribution in [-0.4, -0.2) is 49.8 Å². The van der Waals surface area contributed by atoms with Gasteiger partial charge in [0.1, 0.15) is 0 Å². The van der Waals surface area contributed by atoms with Gasteiger partial charge < -0.3 is 20.6 Å². The van der Waals surface area contributed by atoms with Gasteiger partial charge >= 0.3 is 0 Å². The summed E-state index contributed by atoms with van der Waals surface area (Å²) in [6.45, 7) is 6.03. The van der Waals surface area contributed by atoms with Crippen molar-refractivity contribution in [3.05, 3.63) is 0 Å². The van der Waals surface area contributed by atoms with Gasteiger partial charge in [0.05, 0.1) is 13.1 Å². The van der Waals surface area contributed by atoms with E-state index in [-0.39, 0.29) is 0 Å². The molecule has 11 heteroatoms. The lowest BCUT2D eigenvalue weighted by Gasteiger charge is -2.21. The first-order valence-electron chi connectivity index (χ1n) is 4.23. The lowest BCUT2D eigenvalue weighted by molar-refractivity contribution is -0.362. The molecule has 0 amide bonds. The number of nitrogens with zero attached hydrogens (tertiary/aromatic N) is 1. The fourth-order valence-electron chi connectivity index (χ4n) is 0.112. The van der Waals surface area contributed by atoms with Crippen molar-refractivity contribution in [2.24, 2.45) is 0 Å². The summed E-state index contributed by atoms with van der Waals surface area (Å²) in [7, 11) is -9.99. The van der Waals surface area contributed by atoms with Crippen molar-refractivity contribution in [1.29, 1.82) is 0 Å². The Hall–Kier alpha value is -0.300. The molecule has 0 aromatic carbocycles. The summed E-state index contributed by atoms with van der Waals surface area (Å²) in [6.07, 6.45) is 0. The van der Waals surface area contributed by atoms with Gasteiger partial charge in [0.15, 0.2) is 20.6 Å². The van der Waals surface area contributed by atoms with Crippen molar-refractivity contribution < 1.29 is 37.4 Å². The molecule has 102 valence electrons. The van der Waals surface area contributed by atoms with Crippen molar-refractivity contribution in [2.45, 2.75) is 13.8 Å². The Kier molecular flexibility index (Phi) is 13.0. The third kappa shape index (κ3) is 16.1. The van der Waals surface area contributed by atoms with Crippen molar-refractivity contribution >= 4 is 20.6 Å². The second-order valence-corrected chi connectivity index (χ2v) is 5.33. The summed E-state index contributed by atoms with van der Waals surface area (Å²) < 4.78 is 57.8. The average molecular weight is 281 g/mol. The molecule has 0 unspecified atom stereocenters. The molecule has 0 saturated carbocycles. The highest BCUT2D eigenvalue weighted by Gasteiger charge is 2.11. The molecule has 0 fully saturated rings. The Balaban J connectivity index is -0.000000235. The van der Waals surface area contributed by atoms with Gasteiger partial charge in [0, 0.05) is 7.05 Å². The molecular formula is C5H19N3O6S2. The van der Waals surface area contributed by atoms with Crippen LogP contribution in [0.4, 0.5) is 0 Å². The summed E-state index contributed by atoms with van der Waals surface area (Å²) in [4.78, 5) is 0. The van der Waals surface area contributed by atoms with Crippen molar-refractivity contribution in [3.8, 4) is 0 Å². The van der Waals surface area contributed by atoms with Crippen LogP contribution in [0.2, 0.25) is 0 Å². The zero-order valence-electron chi connectivity index (χ0n) is 9.54. The molecule has 0 aromatic rings. The molecule has 0 bridgehead atoms. The van der Waals surface area contributed by atoms with Gasteiger partial charge in [-0.05, 0) is 13.8 Å². The zero-order valence-corrected chi connectivity index (χ0v) is 11.2. The first-order chi connectivity index (χ1) is 6.98. The standard InChI is InChI=1S/2C2H7N.CH5NO6S2/c2*1-2-3;1-2(9(3,4)5)10(6,7)8/h2*2-3H2,1H3;1H3,(H,3,4,5)(H,6,7,8). The minimum Gasteiger partial charge on any atom is -0.735 e. The molecule has 0 aliphatic heterocycles. The molecule has 0 atom stereocenters. The molecule has 0 saturated heterocycles. The quantitative estimate of drug-likeness (QED) is 0.493. The first-order valence-corrected chi connectivity index (χ1v) is 6.96. The van der Waals surface area contributed by atoms with E-state index in [2.05, 4.69) is 11.5 Å². The largest absolute Gasteiger partial charge is 0.735 e. The Morgan fingerprint density at radius 2 is 1.06 bits per heavy atom. The van der Waals surface area contributed by atoms with Crippen LogP contribution in [0.15, 0.2) is 0 Å². The molecule has 0 aliphatic carbocycles. The maximum Gasteiger partial charge on any atom is 0.174 e. The van der Waals surface area contributed by atoms with E-state index < -0.39 is 24.3 Å². The van der Waals surface area contributed by atoms with Crippen LogP contribution in [0.1, 0.15) is 13.8 Å². The maximum absolute atomic E-state index is 9.77. The normalized spacial score (nSPS) is 11.0. The molecule has 0 heterocycles. The van der Waals surface area contributed by atoms with E-state index in [9.17, 15) is 25.9 Å². The second kappa shape index (κ2) is 9.89. The SMILES string of the molecule is CC[NH3+].CC[NH3+].CN(S(=O)(=O)[O-])S(=O)(=O)[O-]. The highest BCUT2D eigenvalue weighted by molar-refractivity contribution is 7.98. The van der Waals surface area contributed by atoms with Crippen LogP contribution in [0.5, 0.6) is 0 Å². The summed E-state index contributed by atoms with van der Waals surface area (Å²) in [6, 6.07) is 0. The fourth-order valence-corrected chi connectivity index (χ4v) is 1.01. The average Bonchev–Trinajstić information content (AvgIpc) is 2.02. The van der Waals surface area contributed by atoms with Crippen LogP contribution >= 0.6 is 0 Å². The van der Waals surface area contributed by atoms with E-state index in [0.29, 0.717) is 7.05 Å². The first kappa shape index (κ1) is 21.0. The Morgan fingerprint density at radius 1 is 0.938 bits per heavy atom. The van der Waals surface area contributed by atoms with Crippen LogP contribution in [0.3, 0.4) is 0 Å². The molecular weight excluding hydrogens is 262 g/mol. The third-order valence-corrected chi connectivity index (χ3v) is 2.98. The van der Waals surface area contributed by atoms with Gasteiger partial charge in [-0.25, -0.2) is 16.8 Å². The molecule has 16 heavy (non-hydrogen) atoms. The number of hydrogen-bond donors (Lipinski definition) is 2. The van der Waals surface area contributed by atoms with Crippen molar-refractivity contribution in [1.82, 2.24) is 3.71 Å². The number of rotatable bonds is 2. The van der Waals surface area contributed by atoms with E-state index in [1.165, 1.54) is 0 Å². The zero-order chi connectivity index (χ0) is 14.0. The molecule has 0 spiro atoms. The summed E-state index contributed by atoms with van der Waals surface area (Å²) in [5.41, 5.74) is 6.97. The van der Waals surface area contributed by atoms with Gasteiger partial charge in [0.2, 0.25) is 0 Å². The highest BCUT2D eigenvalue weighted by atomic mass is 32.3. The van der Waals surface area contributed by atoms with E-state index >= 15 is 0 Å². The number of quaternary nitrogens is 2. The van der Waals surface area contributed by atoms with E-state index in [1.807, 2.05) is 13.8 Å². The Labute approximate surface area is 96.2 Å². The second-order valence-electron chi connectivity index (χ2n) is 2.30. The molecule has 6 N–H and O–H groups in total. The molecule has 0 radical (unpaired) electrons. The van der Waals surface area contributed by atoms with Crippen LogP contribution < -0.4 is 11.5 Å². The summed E-state index contributed by atoms with van der Waals surface area (Å²) in [5.74, 6) is 0. The van der Waals surface area contributed by atoms with Crippen LogP contribution in [0.25, 0.3) is 0 Å². The summed E-state index contributed by atoms with van der Waals surface area (Å²) in [5, 5.41) is 0. The monoisotopic (exact) mass is 281 g/mol. The highest BCUT2D eigenvalue weighted by Crippen LogP contribution is 1.97. The Morgan fingerprint density at radius 3 is 1.06 bits per heavy atom. The van der Waals surface area contributed by atoms with Crippen LogP contribution in [-0.2, 0) is 20.6 Å². The maximum atomic E-state index is 9.77. The topological polar surface area (TPSA) is 173 Å². The third-order valence-electron chi connectivity index (χ3n) is 0.630. The van der Waals surface area contributed by atoms with E-state index in [0.717, 1.165) is 13.1 Å². The van der Waals surface area contributed by atoms with Gasteiger partial charge in [-0.15, -0.1) is 3.71 Å². The molecule has 0 aliphatic rings. The minimum absolute atomic E-state index is 0.366. The molecule has 0 aromatic heterocycles. The van der Waals surface area contributed by atoms with Gasteiger partial charge in [-0.3, -0.25) is 0 Å². The fraction of sp³-hybridized carbons (Fsp3) is 1.00. The lowest BCUT2D eigenvalue weighted by atomic mass is 10.8. The number of hydrogen-bond acceptors (Lipinski definition) is 6. The van der Waals surface area contributed by atoms with Gasteiger partial charge in [0.25, 0.3) is 0 Å². The smallest absolute Gasteiger partial charge is 0.174 e. The van der Waals surface area contributed by atoms with E-state index in [1.54, 1.807) is 0 Å². The molecule has 0 rings (SSSR count).